The molecule has 0 aliphatic carbocycles. The van der Waals surface area contributed by atoms with Gasteiger partial charge in [0.25, 0.3) is 0 Å². The standard InChI is InChI=1S/C10H10BrN3/c11-10-5-6-13-14(10)9-3-1-8(7-12)2-4-9/h1-6H,7,12H2. The van der Waals surface area contributed by atoms with Crippen LogP contribution in [0.3, 0.4) is 0 Å². The van der Waals surface area contributed by atoms with Crippen LogP contribution >= 0.6 is 15.9 Å². The lowest BCUT2D eigenvalue weighted by Gasteiger charge is -2.03. The third-order valence-corrected chi connectivity index (χ3v) is 2.61. The molecule has 1 aromatic carbocycles. The maximum absolute atomic E-state index is 5.52. The van der Waals surface area contributed by atoms with Crippen LogP contribution in [0.25, 0.3) is 5.69 Å². The van der Waals surface area contributed by atoms with Crippen LogP contribution < -0.4 is 5.73 Å². The van der Waals surface area contributed by atoms with Gasteiger partial charge in [-0.05, 0) is 39.7 Å². The lowest BCUT2D eigenvalue weighted by Crippen LogP contribution is -1.99. The first-order chi connectivity index (χ1) is 6.81. The Morgan fingerprint density at radius 1 is 1.21 bits per heavy atom. The third-order valence-electron chi connectivity index (χ3n) is 2.01. The molecule has 1 aromatic heterocycles. The number of hydrogen-bond acceptors (Lipinski definition) is 2. The molecule has 0 spiro atoms. The minimum atomic E-state index is 0.570. The van der Waals surface area contributed by atoms with Gasteiger partial charge in [-0.2, -0.15) is 5.10 Å². The predicted octanol–water partition coefficient (Wildman–Crippen LogP) is 2.09. The van der Waals surface area contributed by atoms with Crippen molar-refractivity contribution < 1.29 is 0 Å². The van der Waals surface area contributed by atoms with Crippen LogP contribution in [0.4, 0.5) is 0 Å². The Labute approximate surface area is 90.7 Å². The van der Waals surface area contributed by atoms with E-state index in [4.69, 9.17) is 5.73 Å². The molecule has 14 heavy (non-hydrogen) atoms. The molecule has 2 aromatic rings. The van der Waals surface area contributed by atoms with Gasteiger partial charge < -0.3 is 5.73 Å². The molecule has 0 bridgehead atoms. The van der Waals surface area contributed by atoms with Gasteiger partial charge in [0.15, 0.2) is 0 Å². The van der Waals surface area contributed by atoms with Gasteiger partial charge in [0, 0.05) is 6.54 Å². The zero-order chi connectivity index (χ0) is 9.97. The summed E-state index contributed by atoms with van der Waals surface area (Å²) in [7, 11) is 0. The highest BCUT2D eigenvalue weighted by molar-refractivity contribution is 9.10. The molecule has 0 fully saturated rings. The molecular weight excluding hydrogens is 242 g/mol. The van der Waals surface area contributed by atoms with Crippen LogP contribution in [-0.2, 0) is 6.54 Å². The van der Waals surface area contributed by atoms with Crippen molar-refractivity contribution >= 4 is 15.9 Å². The van der Waals surface area contributed by atoms with E-state index in [-0.39, 0.29) is 0 Å². The molecule has 0 saturated heterocycles. The maximum Gasteiger partial charge on any atom is 0.109 e. The molecule has 3 nitrogen and oxygen atoms in total. The molecule has 0 aliphatic rings. The van der Waals surface area contributed by atoms with Crippen LogP contribution in [-0.4, -0.2) is 9.78 Å². The van der Waals surface area contributed by atoms with E-state index in [9.17, 15) is 0 Å². The highest BCUT2D eigenvalue weighted by Gasteiger charge is 2.00. The molecule has 2 rings (SSSR count). The van der Waals surface area contributed by atoms with Crippen molar-refractivity contribution in [1.82, 2.24) is 9.78 Å². The van der Waals surface area contributed by atoms with Crippen molar-refractivity contribution in [3.63, 3.8) is 0 Å². The summed E-state index contributed by atoms with van der Waals surface area (Å²) in [6, 6.07) is 9.91. The fourth-order valence-corrected chi connectivity index (χ4v) is 1.67. The van der Waals surface area contributed by atoms with E-state index in [2.05, 4.69) is 21.0 Å². The molecule has 0 aliphatic heterocycles. The first-order valence-electron chi connectivity index (χ1n) is 4.30. The van der Waals surface area contributed by atoms with Crippen molar-refractivity contribution in [3.8, 4) is 5.69 Å². The second kappa shape index (κ2) is 3.94. The van der Waals surface area contributed by atoms with E-state index in [1.165, 1.54) is 0 Å². The monoisotopic (exact) mass is 251 g/mol. The number of benzene rings is 1. The van der Waals surface area contributed by atoms with E-state index >= 15 is 0 Å². The second-order valence-electron chi connectivity index (χ2n) is 2.94. The molecule has 0 radical (unpaired) electrons. The zero-order valence-corrected chi connectivity index (χ0v) is 9.11. The van der Waals surface area contributed by atoms with Crippen molar-refractivity contribution in [2.45, 2.75) is 6.54 Å². The Balaban J connectivity index is 2.39. The van der Waals surface area contributed by atoms with E-state index in [0.29, 0.717) is 6.54 Å². The number of aromatic nitrogens is 2. The average molecular weight is 252 g/mol. The summed E-state index contributed by atoms with van der Waals surface area (Å²) in [5.74, 6) is 0. The molecule has 0 unspecified atom stereocenters. The lowest BCUT2D eigenvalue weighted by atomic mass is 10.2. The normalized spacial score (nSPS) is 10.4. The van der Waals surface area contributed by atoms with Gasteiger partial charge in [-0.1, -0.05) is 12.1 Å². The molecule has 4 heteroatoms. The van der Waals surface area contributed by atoms with Crippen LogP contribution in [0.2, 0.25) is 0 Å². The Morgan fingerprint density at radius 3 is 2.43 bits per heavy atom. The summed E-state index contributed by atoms with van der Waals surface area (Å²) >= 11 is 3.41. The predicted molar refractivity (Wildman–Crippen MR) is 59.2 cm³/mol. The summed E-state index contributed by atoms with van der Waals surface area (Å²) in [5, 5.41) is 4.18. The van der Waals surface area contributed by atoms with Crippen molar-refractivity contribution in [2.24, 2.45) is 5.73 Å². The summed E-state index contributed by atoms with van der Waals surface area (Å²) in [6.07, 6.45) is 1.75. The van der Waals surface area contributed by atoms with Gasteiger partial charge in [0.05, 0.1) is 11.9 Å². The summed E-state index contributed by atoms with van der Waals surface area (Å²) in [6.45, 7) is 0.570. The molecule has 0 amide bonds. The number of nitrogens with two attached hydrogens (primary N) is 1. The van der Waals surface area contributed by atoms with Gasteiger partial charge >= 0.3 is 0 Å². The topological polar surface area (TPSA) is 43.8 Å². The molecule has 1 heterocycles. The Kier molecular flexibility index (Phi) is 2.65. The number of nitrogens with zero attached hydrogens (tertiary/aromatic N) is 2. The average Bonchev–Trinajstić information content (AvgIpc) is 2.65. The Bertz CT molecular complexity index is 419. The van der Waals surface area contributed by atoms with E-state index < -0.39 is 0 Å². The fraction of sp³-hybridized carbons (Fsp3) is 0.100. The summed E-state index contributed by atoms with van der Waals surface area (Å²) in [4.78, 5) is 0. The van der Waals surface area contributed by atoms with Crippen LogP contribution in [0.15, 0.2) is 41.1 Å². The van der Waals surface area contributed by atoms with Crippen LogP contribution in [0, 0.1) is 0 Å². The molecule has 0 atom stereocenters. The molecule has 72 valence electrons. The minimum absolute atomic E-state index is 0.570. The lowest BCUT2D eigenvalue weighted by molar-refractivity contribution is 0.859. The van der Waals surface area contributed by atoms with E-state index in [0.717, 1.165) is 15.9 Å². The van der Waals surface area contributed by atoms with Gasteiger partial charge in [-0.15, -0.1) is 0 Å². The van der Waals surface area contributed by atoms with E-state index in [1.54, 1.807) is 6.20 Å². The van der Waals surface area contributed by atoms with Gasteiger partial charge in [0.1, 0.15) is 4.60 Å². The molecule has 2 N–H and O–H groups in total. The first-order valence-corrected chi connectivity index (χ1v) is 5.09. The Morgan fingerprint density at radius 2 is 1.93 bits per heavy atom. The Hall–Kier alpha value is -1.13. The largest absolute Gasteiger partial charge is 0.326 e. The van der Waals surface area contributed by atoms with Crippen LogP contribution in [0.1, 0.15) is 5.56 Å². The first kappa shape index (κ1) is 9.43. The van der Waals surface area contributed by atoms with Crippen molar-refractivity contribution in [1.29, 1.82) is 0 Å². The SMILES string of the molecule is NCc1ccc(-n2nccc2Br)cc1. The van der Waals surface area contributed by atoms with Crippen molar-refractivity contribution in [3.05, 3.63) is 46.7 Å². The molecule has 0 saturated carbocycles. The number of rotatable bonds is 2. The van der Waals surface area contributed by atoms with Crippen molar-refractivity contribution in [2.75, 3.05) is 0 Å². The van der Waals surface area contributed by atoms with Gasteiger partial charge in [-0.3, -0.25) is 0 Å². The molecular formula is C10H10BrN3. The summed E-state index contributed by atoms with van der Waals surface area (Å²) in [5.41, 5.74) is 7.67. The number of halogens is 1. The third kappa shape index (κ3) is 1.71. The quantitative estimate of drug-likeness (QED) is 0.889. The van der Waals surface area contributed by atoms with Gasteiger partial charge in [0.2, 0.25) is 0 Å². The van der Waals surface area contributed by atoms with Crippen LogP contribution in [0.5, 0.6) is 0 Å². The number of hydrogen-bond donors (Lipinski definition) is 1. The summed E-state index contributed by atoms with van der Waals surface area (Å²) < 4.78 is 2.76. The van der Waals surface area contributed by atoms with E-state index in [1.807, 2.05) is 35.0 Å². The van der Waals surface area contributed by atoms with Gasteiger partial charge in [-0.25, -0.2) is 4.68 Å². The maximum atomic E-state index is 5.52. The highest BCUT2D eigenvalue weighted by Crippen LogP contribution is 2.15. The fourth-order valence-electron chi connectivity index (χ4n) is 1.25. The minimum Gasteiger partial charge on any atom is -0.326 e. The zero-order valence-electron chi connectivity index (χ0n) is 7.52. The smallest absolute Gasteiger partial charge is 0.109 e. The second-order valence-corrected chi connectivity index (χ2v) is 3.75. The highest BCUT2D eigenvalue weighted by atomic mass is 79.9.